The quantitative estimate of drug-likeness (QED) is 0.823. The summed E-state index contributed by atoms with van der Waals surface area (Å²) in [5.41, 5.74) is 3.77. The number of allylic oxidation sites excluding steroid dienone is 5. The number of nitrogens with one attached hydrogen (secondary N) is 1. The summed E-state index contributed by atoms with van der Waals surface area (Å²) < 4.78 is 0. The van der Waals surface area contributed by atoms with E-state index in [4.69, 9.17) is 0 Å². The average Bonchev–Trinajstić information content (AvgIpc) is 2.46. The molecule has 1 heterocycles. The number of hydrogen-bond donors (Lipinski definition) is 1. The second-order valence-electron chi connectivity index (χ2n) is 4.52. The second-order valence-corrected chi connectivity index (χ2v) is 4.52. The molecule has 0 fully saturated rings. The van der Waals surface area contributed by atoms with Crippen LogP contribution in [0.4, 0.5) is 0 Å². The summed E-state index contributed by atoms with van der Waals surface area (Å²) in [6.45, 7) is 6.18. The third-order valence-electron chi connectivity index (χ3n) is 3.20. The Morgan fingerprint density at radius 1 is 1.28 bits per heavy atom. The Morgan fingerprint density at radius 2 is 2.06 bits per heavy atom. The highest BCUT2D eigenvalue weighted by Gasteiger charge is 2.09. The van der Waals surface area contributed by atoms with Gasteiger partial charge in [0.1, 0.15) is 0 Å². The fraction of sp³-hybridized carbons (Fsp3) is 0.176. The molecule has 0 bridgehead atoms. The molecule has 2 rings (SSSR count). The molecule has 1 atom stereocenters. The summed E-state index contributed by atoms with van der Waals surface area (Å²) in [4.78, 5) is 0. The van der Waals surface area contributed by atoms with Gasteiger partial charge in [-0.25, -0.2) is 0 Å². The van der Waals surface area contributed by atoms with Crippen molar-refractivity contribution in [2.45, 2.75) is 19.3 Å². The summed E-state index contributed by atoms with van der Waals surface area (Å²) in [6.07, 6.45) is 11.0. The van der Waals surface area contributed by atoms with E-state index in [9.17, 15) is 0 Å². The Hall–Kier alpha value is -2.02. The molecule has 0 amide bonds. The Labute approximate surface area is 109 Å². The topological polar surface area (TPSA) is 12.0 Å². The van der Waals surface area contributed by atoms with E-state index in [1.165, 1.54) is 11.1 Å². The number of dihydropyridines is 1. The van der Waals surface area contributed by atoms with Crippen LogP contribution in [0.25, 0.3) is 0 Å². The van der Waals surface area contributed by atoms with Gasteiger partial charge in [0.25, 0.3) is 0 Å². The number of benzene rings is 1. The molecule has 0 aliphatic carbocycles. The molecule has 1 aliphatic rings. The maximum Gasteiger partial charge on any atom is 0.0412 e. The molecule has 1 aromatic rings. The van der Waals surface area contributed by atoms with Gasteiger partial charge in [-0.05, 0) is 35.6 Å². The van der Waals surface area contributed by atoms with Crippen LogP contribution in [0.2, 0.25) is 0 Å². The first-order valence-corrected chi connectivity index (χ1v) is 6.31. The van der Waals surface area contributed by atoms with Crippen LogP contribution in [-0.4, -0.2) is 0 Å². The van der Waals surface area contributed by atoms with E-state index in [2.05, 4.69) is 55.2 Å². The summed E-state index contributed by atoms with van der Waals surface area (Å²) >= 11 is 0. The van der Waals surface area contributed by atoms with Crippen molar-refractivity contribution < 1.29 is 0 Å². The highest BCUT2D eigenvalue weighted by atomic mass is 14.9. The first kappa shape index (κ1) is 12.4. The lowest BCUT2D eigenvalue weighted by molar-refractivity contribution is 0.753. The van der Waals surface area contributed by atoms with E-state index in [0.717, 1.165) is 12.1 Å². The molecular weight excluding hydrogens is 218 g/mol. The molecule has 92 valence electrons. The molecule has 1 N–H and O–H groups in total. The van der Waals surface area contributed by atoms with Crippen molar-refractivity contribution in [3.05, 3.63) is 84.2 Å². The monoisotopic (exact) mass is 237 g/mol. The minimum Gasteiger partial charge on any atom is -0.361 e. The molecule has 1 aromatic carbocycles. The van der Waals surface area contributed by atoms with Crippen molar-refractivity contribution in [2.75, 3.05) is 0 Å². The van der Waals surface area contributed by atoms with Gasteiger partial charge >= 0.3 is 0 Å². The lowest BCUT2D eigenvalue weighted by Gasteiger charge is -2.16. The van der Waals surface area contributed by atoms with E-state index >= 15 is 0 Å². The van der Waals surface area contributed by atoms with Gasteiger partial charge in [0.2, 0.25) is 0 Å². The van der Waals surface area contributed by atoms with E-state index in [1.807, 2.05) is 24.4 Å². The Kier molecular flexibility index (Phi) is 4.19. The van der Waals surface area contributed by atoms with Gasteiger partial charge < -0.3 is 5.32 Å². The van der Waals surface area contributed by atoms with Crippen molar-refractivity contribution in [1.82, 2.24) is 5.32 Å². The van der Waals surface area contributed by atoms with E-state index < -0.39 is 0 Å². The number of hydrogen-bond acceptors (Lipinski definition) is 1. The van der Waals surface area contributed by atoms with Gasteiger partial charge in [-0.3, -0.25) is 0 Å². The van der Waals surface area contributed by atoms with Crippen molar-refractivity contribution in [2.24, 2.45) is 0 Å². The maximum atomic E-state index is 3.93. The molecule has 0 saturated carbocycles. The minimum atomic E-state index is 0.493. The van der Waals surface area contributed by atoms with Crippen molar-refractivity contribution in [1.29, 1.82) is 0 Å². The summed E-state index contributed by atoms with van der Waals surface area (Å²) in [7, 11) is 0. The zero-order valence-corrected chi connectivity index (χ0v) is 10.8. The lowest BCUT2D eigenvalue weighted by Crippen LogP contribution is -2.09. The normalized spacial score (nSPS) is 18.1. The van der Waals surface area contributed by atoms with Crippen LogP contribution in [0.1, 0.15) is 24.8 Å². The summed E-state index contributed by atoms with van der Waals surface area (Å²) in [5, 5.41) is 3.27. The lowest BCUT2D eigenvalue weighted by atomic mass is 9.92. The highest BCUT2D eigenvalue weighted by molar-refractivity contribution is 5.37. The predicted octanol–water partition coefficient (Wildman–Crippen LogP) is 4.29. The van der Waals surface area contributed by atoms with E-state index in [1.54, 1.807) is 0 Å². The van der Waals surface area contributed by atoms with Gasteiger partial charge in [-0.1, -0.05) is 56.0 Å². The third-order valence-corrected chi connectivity index (χ3v) is 3.20. The van der Waals surface area contributed by atoms with Crippen molar-refractivity contribution in [3.63, 3.8) is 0 Å². The zero-order chi connectivity index (χ0) is 12.8. The maximum absolute atomic E-state index is 3.93. The Bertz CT molecular complexity index is 492. The van der Waals surface area contributed by atoms with Crippen LogP contribution >= 0.6 is 0 Å². The zero-order valence-electron chi connectivity index (χ0n) is 10.8. The van der Waals surface area contributed by atoms with Crippen LogP contribution in [0.3, 0.4) is 0 Å². The average molecular weight is 237 g/mol. The smallest absolute Gasteiger partial charge is 0.0412 e. The molecule has 0 radical (unpaired) electrons. The minimum absolute atomic E-state index is 0.493. The van der Waals surface area contributed by atoms with Gasteiger partial charge in [0.15, 0.2) is 0 Å². The molecule has 1 aliphatic heterocycles. The fourth-order valence-electron chi connectivity index (χ4n) is 2.13. The first-order chi connectivity index (χ1) is 8.81. The third kappa shape index (κ3) is 3.01. The molecule has 1 nitrogen and oxygen atoms in total. The molecule has 1 heteroatoms. The molecule has 18 heavy (non-hydrogen) atoms. The SMILES string of the molecule is C=C/C(CC(C)c1ccccc1)=C1/C=CC=CN1. The predicted molar refractivity (Wildman–Crippen MR) is 78.1 cm³/mol. The highest BCUT2D eigenvalue weighted by Crippen LogP contribution is 2.25. The van der Waals surface area contributed by atoms with Gasteiger partial charge in [0, 0.05) is 11.9 Å². The van der Waals surface area contributed by atoms with E-state index in [0.29, 0.717) is 5.92 Å². The van der Waals surface area contributed by atoms with E-state index in [-0.39, 0.29) is 0 Å². The number of rotatable bonds is 4. The Balaban J connectivity index is 2.14. The van der Waals surface area contributed by atoms with Gasteiger partial charge in [-0.2, -0.15) is 0 Å². The van der Waals surface area contributed by atoms with Crippen LogP contribution in [0, 0.1) is 0 Å². The largest absolute Gasteiger partial charge is 0.361 e. The molecule has 0 aromatic heterocycles. The van der Waals surface area contributed by atoms with Crippen molar-refractivity contribution in [3.8, 4) is 0 Å². The van der Waals surface area contributed by atoms with Crippen LogP contribution in [0.5, 0.6) is 0 Å². The van der Waals surface area contributed by atoms with Crippen LogP contribution in [-0.2, 0) is 0 Å². The van der Waals surface area contributed by atoms with Gasteiger partial charge in [-0.15, -0.1) is 0 Å². The van der Waals surface area contributed by atoms with Crippen molar-refractivity contribution >= 4 is 0 Å². The molecule has 1 unspecified atom stereocenters. The summed E-state index contributed by atoms with van der Waals surface area (Å²) in [6, 6.07) is 10.6. The molecule has 0 saturated heterocycles. The van der Waals surface area contributed by atoms with Gasteiger partial charge in [0.05, 0.1) is 0 Å². The molecule has 0 spiro atoms. The fourth-order valence-corrected chi connectivity index (χ4v) is 2.13. The van der Waals surface area contributed by atoms with Crippen LogP contribution in [0.15, 0.2) is 78.7 Å². The first-order valence-electron chi connectivity index (χ1n) is 6.31. The molecular formula is C17H19N. The summed E-state index contributed by atoms with van der Waals surface area (Å²) in [5.74, 6) is 0.493. The second kappa shape index (κ2) is 6.06. The standard InChI is InChI=1S/C17H19N/c1-3-15(17-11-7-8-12-18-17)13-14(2)16-9-5-4-6-10-16/h3-12,14,18H,1,13H2,2H3/b17-15+. The Morgan fingerprint density at radius 3 is 2.67 bits per heavy atom. The van der Waals surface area contributed by atoms with Crippen LogP contribution < -0.4 is 5.32 Å².